The Hall–Kier alpha value is -1.15. The smallest absolute Gasteiger partial charge is 0.448 e. The molecule has 2 amide bonds. The lowest BCUT2D eigenvalue weighted by atomic mass is 11.3. The molecule has 0 fully saturated rings. The zero-order chi connectivity index (χ0) is 8.15. The highest BCUT2D eigenvalue weighted by Gasteiger charge is 2.12. The van der Waals surface area contributed by atoms with E-state index >= 15 is 0 Å². The molecule has 0 aliphatic carbocycles. The van der Waals surface area contributed by atoms with Crippen LogP contribution in [0.2, 0.25) is 0 Å². The highest BCUT2D eigenvalue weighted by atomic mass is 32.2. The third kappa shape index (κ3) is 5.00. The molecule has 0 aliphatic rings. The van der Waals surface area contributed by atoms with Gasteiger partial charge in [-0.25, -0.2) is 9.59 Å². The van der Waals surface area contributed by atoms with Gasteiger partial charge in [-0.2, -0.15) is 0 Å². The van der Waals surface area contributed by atoms with E-state index in [1.165, 1.54) is 9.44 Å². The van der Waals surface area contributed by atoms with Gasteiger partial charge < -0.3 is 14.8 Å². The first-order valence-corrected chi connectivity index (χ1v) is 3.08. The summed E-state index contributed by atoms with van der Waals surface area (Å²) in [5.41, 5.74) is 0. The average Bonchev–Trinajstić information content (AvgIpc) is 1.58. The van der Waals surface area contributed by atoms with E-state index in [0.717, 1.165) is 0 Å². The van der Waals surface area contributed by atoms with Gasteiger partial charge in [0.2, 0.25) is 11.5 Å². The van der Waals surface area contributed by atoms with E-state index in [1.54, 1.807) is 0 Å². The molecule has 7 nitrogen and oxygen atoms in total. The van der Waals surface area contributed by atoms with E-state index < -0.39 is 23.7 Å². The maximum atomic E-state index is 10.2. The Kier molecular flexibility index (Phi) is 3.36. The molecule has 0 aliphatic heterocycles. The molecule has 58 valence electrons. The van der Waals surface area contributed by atoms with Gasteiger partial charge in [0.25, 0.3) is 0 Å². The Bertz CT molecular complexity index is 133. The van der Waals surface area contributed by atoms with Crippen molar-refractivity contribution in [1.29, 1.82) is 0 Å². The fraction of sp³-hybridized carbons (Fsp3) is 0. The summed E-state index contributed by atoms with van der Waals surface area (Å²) in [6.07, 6.45) is -3.13. The fourth-order valence-corrected chi connectivity index (χ4v) is 0.552. The molecule has 0 saturated carbocycles. The summed E-state index contributed by atoms with van der Waals surface area (Å²) in [4.78, 5) is 19.3. The maximum Gasteiger partial charge on any atom is 0.448 e. The molecule has 0 heterocycles. The van der Waals surface area contributed by atoms with Crippen LogP contribution in [0.4, 0.5) is 9.59 Å². The zero-order valence-corrected chi connectivity index (χ0v) is 5.34. The predicted octanol–water partition coefficient (Wildman–Crippen LogP) is -0.900. The number of rotatable bonds is 2. The van der Waals surface area contributed by atoms with E-state index in [0.29, 0.717) is 0 Å². The van der Waals surface area contributed by atoms with Crippen LogP contribution in [-0.4, -0.2) is 27.0 Å². The number of hydrogen-bond donors (Lipinski definition) is 4. The zero-order valence-electron chi connectivity index (χ0n) is 4.53. The molecular formula is C2H4N2O5S. The van der Waals surface area contributed by atoms with Crippen molar-refractivity contribution in [3.8, 4) is 0 Å². The molecule has 0 spiro atoms. The molecule has 0 aromatic rings. The highest BCUT2D eigenvalue weighted by molar-refractivity contribution is 7.88. The number of nitrogens with one attached hydrogen (secondary N) is 2. The Morgan fingerprint density at radius 2 is 1.50 bits per heavy atom. The second-order valence-electron chi connectivity index (χ2n) is 1.08. The molecule has 0 radical (unpaired) electrons. The fourth-order valence-electron chi connectivity index (χ4n) is 0.184. The third-order valence-corrected chi connectivity index (χ3v) is 1.08. The maximum absolute atomic E-state index is 10.2. The minimum Gasteiger partial charge on any atom is -0.568 e. The van der Waals surface area contributed by atoms with Gasteiger partial charge in [0.05, 0.1) is 0 Å². The van der Waals surface area contributed by atoms with Crippen LogP contribution in [-0.2, 0) is 11.5 Å². The molecule has 4 N–H and O–H groups in total. The summed E-state index contributed by atoms with van der Waals surface area (Å²) in [5.74, 6) is 0. The lowest BCUT2D eigenvalue weighted by Crippen LogP contribution is -2.41. The van der Waals surface area contributed by atoms with Gasteiger partial charge >= 0.3 is 12.2 Å². The quantitative estimate of drug-likeness (QED) is 0.398. The Morgan fingerprint density at radius 1 is 1.20 bits per heavy atom. The topological polar surface area (TPSA) is 122 Å². The Balaban J connectivity index is 3.53. The first kappa shape index (κ1) is 8.85. The monoisotopic (exact) mass is 168 g/mol. The van der Waals surface area contributed by atoms with Gasteiger partial charge in [-0.3, -0.25) is 0 Å². The van der Waals surface area contributed by atoms with E-state index in [1.807, 2.05) is 0 Å². The van der Waals surface area contributed by atoms with Crippen molar-refractivity contribution in [2.45, 2.75) is 0 Å². The molecule has 0 rings (SSSR count). The Labute approximate surface area is 58.5 Å². The Morgan fingerprint density at radius 3 is 1.70 bits per heavy atom. The lowest BCUT2D eigenvalue weighted by Gasteiger charge is -2.03. The van der Waals surface area contributed by atoms with Crippen LogP contribution >= 0.6 is 0 Å². The van der Waals surface area contributed by atoms with E-state index in [2.05, 4.69) is 0 Å². The molecular weight excluding hydrogens is 164 g/mol. The van der Waals surface area contributed by atoms with Gasteiger partial charge in [0.1, 0.15) is 0 Å². The second-order valence-corrected chi connectivity index (χ2v) is 2.03. The summed E-state index contributed by atoms with van der Waals surface area (Å²) in [6, 6.07) is 0. The summed E-state index contributed by atoms with van der Waals surface area (Å²) < 4.78 is 12.9. The van der Waals surface area contributed by atoms with Crippen LogP contribution in [0.15, 0.2) is 0 Å². The van der Waals surface area contributed by atoms with Crippen LogP contribution in [0.5, 0.6) is 0 Å². The second kappa shape index (κ2) is 3.80. The van der Waals surface area contributed by atoms with Crippen molar-refractivity contribution in [2.24, 2.45) is 0 Å². The summed E-state index contributed by atoms with van der Waals surface area (Å²) >= 11 is -2.28. The van der Waals surface area contributed by atoms with E-state index in [9.17, 15) is 14.1 Å². The summed E-state index contributed by atoms with van der Waals surface area (Å²) in [7, 11) is 0. The van der Waals surface area contributed by atoms with Crippen molar-refractivity contribution in [1.82, 2.24) is 9.44 Å². The SMILES string of the molecule is O=C(O)N[S+]([O-])NC(=O)O. The molecule has 10 heavy (non-hydrogen) atoms. The number of hydrogen-bond acceptors (Lipinski definition) is 3. The van der Waals surface area contributed by atoms with Crippen LogP contribution in [0, 0.1) is 0 Å². The van der Waals surface area contributed by atoms with E-state index in [4.69, 9.17) is 10.2 Å². The number of amides is 2. The largest absolute Gasteiger partial charge is 0.568 e. The van der Waals surface area contributed by atoms with Gasteiger partial charge in [0, 0.05) is 0 Å². The minimum absolute atomic E-state index is 1.37. The normalized spacial score (nSPS) is 9.00. The average molecular weight is 168 g/mol. The first-order chi connectivity index (χ1) is 4.52. The van der Waals surface area contributed by atoms with Crippen LogP contribution in [0.3, 0.4) is 0 Å². The van der Waals surface area contributed by atoms with Crippen LogP contribution in [0.1, 0.15) is 0 Å². The molecule has 0 bridgehead atoms. The standard InChI is InChI=1S/C2H4N2O5S/c5-1(6)3-10(9)4-2(7)8/h3-4H,(H,5,6)(H,7,8). The number of carboxylic acid groups (broad SMARTS) is 2. The molecule has 8 heteroatoms. The molecule has 0 aromatic heterocycles. The first-order valence-electron chi connectivity index (χ1n) is 1.93. The van der Waals surface area contributed by atoms with Crippen molar-refractivity contribution >= 4 is 23.7 Å². The van der Waals surface area contributed by atoms with Crippen molar-refractivity contribution in [3.05, 3.63) is 0 Å². The summed E-state index contributed by atoms with van der Waals surface area (Å²) in [5, 5.41) is 15.7. The number of carbonyl (C=O) groups is 2. The van der Waals surface area contributed by atoms with E-state index in [-0.39, 0.29) is 0 Å². The third-order valence-electron chi connectivity index (χ3n) is 0.360. The molecule has 0 saturated heterocycles. The van der Waals surface area contributed by atoms with Crippen molar-refractivity contribution in [3.63, 3.8) is 0 Å². The molecule has 0 unspecified atom stereocenters. The van der Waals surface area contributed by atoms with Gasteiger partial charge in [-0.05, 0) is 0 Å². The van der Waals surface area contributed by atoms with Crippen LogP contribution < -0.4 is 9.44 Å². The highest BCUT2D eigenvalue weighted by Crippen LogP contribution is 1.75. The van der Waals surface area contributed by atoms with Gasteiger partial charge in [0.15, 0.2) is 0 Å². The van der Waals surface area contributed by atoms with Crippen LogP contribution in [0.25, 0.3) is 0 Å². The van der Waals surface area contributed by atoms with Gasteiger partial charge in [-0.1, -0.05) is 0 Å². The minimum atomic E-state index is -2.28. The van der Waals surface area contributed by atoms with Crippen molar-refractivity contribution in [2.75, 3.05) is 0 Å². The predicted molar refractivity (Wildman–Crippen MR) is 30.5 cm³/mol. The van der Waals surface area contributed by atoms with Gasteiger partial charge in [-0.15, -0.1) is 9.44 Å². The summed E-state index contributed by atoms with van der Waals surface area (Å²) in [6.45, 7) is 0. The lowest BCUT2D eigenvalue weighted by molar-refractivity contribution is 0.199. The molecule has 0 atom stereocenters. The molecule has 0 aromatic carbocycles. The van der Waals surface area contributed by atoms with Crippen molar-refractivity contribution < 1.29 is 24.4 Å².